The van der Waals surface area contributed by atoms with E-state index in [0.717, 1.165) is 19.0 Å². The number of hydrogen-bond donors (Lipinski definition) is 1. The van der Waals surface area contributed by atoms with Crippen LogP contribution in [-0.4, -0.2) is 44.4 Å². The summed E-state index contributed by atoms with van der Waals surface area (Å²) in [4.78, 5) is 12.7. The summed E-state index contributed by atoms with van der Waals surface area (Å²) in [5.41, 5.74) is 3.01. The first-order chi connectivity index (χ1) is 11.2. The molecule has 0 aromatic heterocycles. The lowest BCUT2D eigenvalue weighted by molar-refractivity contribution is 0.112. The van der Waals surface area contributed by atoms with Crippen LogP contribution in [0.1, 0.15) is 22.8 Å². The Bertz CT molecular complexity index is 733. The van der Waals surface area contributed by atoms with Crippen LogP contribution in [0.3, 0.4) is 0 Å². The summed E-state index contributed by atoms with van der Waals surface area (Å²) in [6, 6.07) is 7.97. The predicted octanol–water partition coefficient (Wildman–Crippen LogP) is 2.72. The Balaban J connectivity index is 0.000000413. The Kier molecular flexibility index (Phi) is 7.57. The van der Waals surface area contributed by atoms with E-state index in [0.29, 0.717) is 11.6 Å². The van der Waals surface area contributed by atoms with Crippen molar-refractivity contribution >= 4 is 22.8 Å². The van der Waals surface area contributed by atoms with Gasteiger partial charge in [0.2, 0.25) is 0 Å². The van der Waals surface area contributed by atoms with Crippen molar-refractivity contribution in [3.05, 3.63) is 65.4 Å². The highest BCUT2D eigenvalue weighted by Crippen LogP contribution is 2.14. The molecular weight excluding hydrogens is 330 g/mol. The molecule has 1 aliphatic rings. The van der Waals surface area contributed by atoms with Gasteiger partial charge in [-0.1, -0.05) is 42.5 Å². The Hall–Kier alpha value is -2.22. The van der Waals surface area contributed by atoms with Gasteiger partial charge in [0.1, 0.15) is 6.29 Å². The summed E-state index contributed by atoms with van der Waals surface area (Å²) in [5, 5.41) is 0. The molecule has 0 saturated carbocycles. The zero-order valence-corrected chi connectivity index (χ0v) is 14.6. The standard InChI is InChI=1S/C16H17NO.CH4O4S/c1-13-11-15(9-10-17(13)2)6-3-14-4-7-16(12-18)8-5-14;1-5-6(2,3)4/h3-13H,1-2H3;1H3,(H,2,3,4). The average molecular weight is 351 g/mol. The highest BCUT2D eigenvalue weighted by Gasteiger charge is 2.06. The largest absolute Gasteiger partial charge is 0.397 e. The normalized spacial score (nSPS) is 17.2. The lowest BCUT2D eigenvalue weighted by atomic mass is 10.1. The zero-order valence-electron chi connectivity index (χ0n) is 13.8. The van der Waals surface area contributed by atoms with Crippen LogP contribution in [0.5, 0.6) is 0 Å². The van der Waals surface area contributed by atoms with Gasteiger partial charge in [0.25, 0.3) is 0 Å². The van der Waals surface area contributed by atoms with E-state index in [2.05, 4.69) is 53.6 Å². The zero-order chi connectivity index (χ0) is 18.2. The van der Waals surface area contributed by atoms with Crippen molar-refractivity contribution < 1.29 is 21.9 Å². The topological polar surface area (TPSA) is 83.9 Å². The third kappa shape index (κ3) is 7.36. The summed E-state index contributed by atoms with van der Waals surface area (Å²) < 4.78 is 29.7. The van der Waals surface area contributed by atoms with Crippen LogP contribution in [0.2, 0.25) is 0 Å². The molecule has 6 nitrogen and oxygen atoms in total. The minimum Gasteiger partial charge on any atom is -0.374 e. The summed E-state index contributed by atoms with van der Waals surface area (Å²) in [7, 11) is -1.23. The summed E-state index contributed by atoms with van der Waals surface area (Å²) in [6.45, 7) is 2.16. The molecule has 0 radical (unpaired) electrons. The minimum absolute atomic E-state index is 0.423. The second-order valence-electron chi connectivity index (χ2n) is 5.10. The Labute approximate surface area is 142 Å². The van der Waals surface area contributed by atoms with Crippen molar-refractivity contribution in [1.82, 2.24) is 4.90 Å². The van der Waals surface area contributed by atoms with E-state index in [1.807, 2.05) is 24.3 Å². The molecule has 1 aliphatic heterocycles. The van der Waals surface area contributed by atoms with Crippen LogP contribution >= 0.6 is 0 Å². The lowest BCUT2D eigenvalue weighted by Crippen LogP contribution is -2.23. The minimum atomic E-state index is -4.16. The third-order valence-electron chi connectivity index (χ3n) is 3.33. The molecule has 0 spiro atoms. The van der Waals surface area contributed by atoms with Gasteiger partial charge in [0.15, 0.2) is 0 Å². The molecule has 1 aromatic carbocycles. The monoisotopic (exact) mass is 351 g/mol. The van der Waals surface area contributed by atoms with E-state index >= 15 is 0 Å². The van der Waals surface area contributed by atoms with Crippen LogP contribution in [-0.2, 0) is 14.6 Å². The molecule has 0 fully saturated rings. The second-order valence-corrected chi connectivity index (χ2v) is 6.29. The molecule has 0 aliphatic carbocycles. The molecule has 1 aromatic rings. The molecule has 2 rings (SSSR count). The van der Waals surface area contributed by atoms with Crippen molar-refractivity contribution in [2.45, 2.75) is 13.0 Å². The highest BCUT2D eigenvalue weighted by atomic mass is 32.3. The molecule has 1 unspecified atom stereocenters. The van der Waals surface area contributed by atoms with Crippen molar-refractivity contribution in [1.29, 1.82) is 0 Å². The lowest BCUT2D eigenvalue weighted by Gasteiger charge is -2.23. The third-order valence-corrected chi connectivity index (χ3v) is 3.75. The number of rotatable bonds is 4. The Morgan fingerprint density at radius 2 is 1.71 bits per heavy atom. The number of likely N-dealkylation sites (N-methyl/N-ethyl adjacent to an activating group) is 1. The van der Waals surface area contributed by atoms with E-state index in [4.69, 9.17) is 4.55 Å². The van der Waals surface area contributed by atoms with Gasteiger partial charge in [-0.2, -0.15) is 8.42 Å². The van der Waals surface area contributed by atoms with E-state index < -0.39 is 10.4 Å². The van der Waals surface area contributed by atoms with Crippen LogP contribution in [0.15, 0.2) is 54.3 Å². The summed E-state index contributed by atoms with van der Waals surface area (Å²) in [6.07, 6.45) is 11.4. The number of hydrogen-bond acceptors (Lipinski definition) is 5. The van der Waals surface area contributed by atoms with E-state index in [9.17, 15) is 13.2 Å². The van der Waals surface area contributed by atoms with E-state index in [1.54, 1.807) is 0 Å². The van der Waals surface area contributed by atoms with Gasteiger partial charge < -0.3 is 4.90 Å². The van der Waals surface area contributed by atoms with Gasteiger partial charge in [-0.15, -0.1) is 0 Å². The first kappa shape index (κ1) is 19.8. The van der Waals surface area contributed by atoms with Crippen LogP contribution < -0.4 is 0 Å². The molecule has 1 heterocycles. The molecule has 1 atom stereocenters. The fourth-order valence-corrected chi connectivity index (χ4v) is 1.78. The quantitative estimate of drug-likeness (QED) is 0.663. The maximum absolute atomic E-state index is 10.5. The van der Waals surface area contributed by atoms with Gasteiger partial charge >= 0.3 is 10.4 Å². The van der Waals surface area contributed by atoms with Gasteiger partial charge in [-0.25, -0.2) is 0 Å². The number of benzene rings is 1. The fourth-order valence-electron chi connectivity index (χ4n) is 1.78. The highest BCUT2D eigenvalue weighted by molar-refractivity contribution is 7.80. The Morgan fingerprint density at radius 1 is 1.17 bits per heavy atom. The number of carbonyl (C=O) groups excluding carboxylic acids is 1. The first-order valence-electron chi connectivity index (χ1n) is 7.13. The molecule has 1 N–H and O–H groups in total. The number of aldehydes is 1. The number of nitrogens with zero attached hydrogens (tertiary/aromatic N) is 1. The predicted molar refractivity (Wildman–Crippen MR) is 93.9 cm³/mol. The van der Waals surface area contributed by atoms with E-state index in [-0.39, 0.29) is 0 Å². The van der Waals surface area contributed by atoms with Crippen molar-refractivity contribution in [3.63, 3.8) is 0 Å². The van der Waals surface area contributed by atoms with Crippen LogP contribution in [0.25, 0.3) is 6.08 Å². The Morgan fingerprint density at radius 3 is 2.17 bits per heavy atom. The SMILES string of the molecule is CC1C=C(C=Cc2ccc(C=O)cc2)C=CN1C.COS(=O)(=O)O. The number of allylic oxidation sites excluding steroid dienone is 3. The molecule has 0 amide bonds. The molecular formula is C17H21NO5S. The van der Waals surface area contributed by atoms with Crippen molar-refractivity contribution in [2.75, 3.05) is 14.2 Å². The maximum atomic E-state index is 10.5. The van der Waals surface area contributed by atoms with Gasteiger partial charge in [-0.3, -0.25) is 13.5 Å². The van der Waals surface area contributed by atoms with Crippen LogP contribution in [0.4, 0.5) is 0 Å². The second kappa shape index (κ2) is 9.17. The molecule has 0 saturated heterocycles. The van der Waals surface area contributed by atoms with Crippen molar-refractivity contribution in [3.8, 4) is 0 Å². The molecule has 0 bridgehead atoms. The fraction of sp³-hybridized carbons (Fsp3) is 0.235. The maximum Gasteiger partial charge on any atom is 0.397 e. The molecule has 130 valence electrons. The first-order valence-corrected chi connectivity index (χ1v) is 8.50. The average Bonchev–Trinajstić information content (AvgIpc) is 2.56. The van der Waals surface area contributed by atoms with E-state index in [1.165, 1.54) is 5.57 Å². The smallest absolute Gasteiger partial charge is 0.374 e. The van der Waals surface area contributed by atoms with Gasteiger partial charge in [0, 0.05) is 18.7 Å². The van der Waals surface area contributed by atoms with Crippen molar-refractivity contribution in [2.24, 2.45) is 0 Å². The number of carbonyl (C=O) groups is 1. The summed E-state index contributed by atoms with van der Waals surface area (Å²) in [5.74, 6) is 0. The van der Waals surface area contributed by atoms with Gasteiger partial charge in [0.05, 0.1) is 7.11 Å². The molecule has 7 heteroatoms. The summed E-state index contributed by atoms with van der Waals surface area (Å²) >= 11 is 0. The van der Waals surface area contributed by atoms with Gasteiger partial charge in [-0.05, 0) is 30.3 Å². The molecule has 24 heavy (non-hydrogen) atoms. The van der Waals surface area contributed by atoms with Crippen LogP contribution in [0, 0.1) is 0 Å².